The molecule has 7 nitrogen and oxygen atoms in total. The Labute approximate surface area is 170 Å². The van der Waals surface area contributed by atoms with Crippen LogP contribution >= 0.6 is 0 Å². The number of nitrogens with zero attached hydrogens (tertiary/aromatic N) is 2. The molecule has 0 spiro atoms. The van der Waals surface area contributed by atoms with E-state index in [0.29, 0.717) is 22.5 Å². The molecule has 3 amide bonds. The summed E-state index contributed by atoms with van der Waals surface area (Å²) in [6, 6.07) is 8.65. The smallest absolute Gasteiger partial charge is 0.257 e. The van der Waals surface area contributed by atoms with Gasteiger partial charge in [0.25, 0.3) is 11.8 Å². The fraction of sp³-hybridized carbons (Fsp3) is 0.364. The van der Waals surface area contributed by atoms with Gasteiger partial charge in [0.15, 0.2) is 0 Å². The molecule has 0 saturated carbocycles. The topological polar surface area (TPSA) is 91.4 Å². The first-order chi connectivity index (χ1) is 14.0. The van der Waals surface area contributed by atoms with E-state index in [9.17, 15) is 14.4 Å². The predicted molar refractivity (Wildman–Crippen MR) is 112 cm³/mol. The molecule has 7 heteroatoms. The first-order valence-electron chi connectivity index (χ1n) is 9.93. The quantitative estimate of drug-likeness (QED) is 0.809. The molecule has 1 aliphatic heterocycles. The lowest BCUT2D eigenvalue weighted by atomic mass is 9.99. The minimum Gasteiger partial charge on any atom is -0.336 e. The number of carbonyl (C=O) groups is 3. The van der Waals surface area contributed by atoms with E-state index >= 15 is 0 Å². The van der Waals surface area contributed by atoms with Crippen molar-refractivity contribution < 1.29 is 14.4 Å². The molecule has 1 fully saturated rings. The molecule has 1 aliphatic rings. The van der Waals surface area contributed by atoms with Crippen molar-refractivity contribution in [3.05, 3.63) is 53.9 Å². The van der Waals surface area contributed by atoms with Gasteiger partial charge in [-0.25, -0.2) is 0 Å². The SMILES string of the molecule is CCC1CCCCN1C(=O)c1cncc(C(=O)Nc2ccc(NC(C)=O)cc2)c1. The van der Waals surface area contributed by atoms with E-state index in [1.54, 1.807) is 30.3 Å². The highest BCUT2D eigenvalue weighted by Gasteiger charge is 2.26. The van der Waals surface area contributed by atoms with E-state index < -0.39 is 0 Å². The number of pyridine rings is 1. The molecule has 1 atom stereocenters. The summed E-state index contributed by atoms with van der Waals surface area (Å²) in [7, 11) is 0. The largest absolute Gasteiger partial charge is 0.336 e. The van der Waals surface area contributed by atoms with Crippen LogP contribution in [0.1, 0.15) is 60.2 Å². The zero-order chi connectivity index (χ0) is 20.8. The van der Waals surface area contributed by atoms with Crippen molar-refractivity contribution in [1.29, 1.82) is 0 Å². The van der Waals surface area contributed by atoms with Crippen LogP contribution in [0.5, 0.6) is 0 Å². The Morgan fingerprint density at radius 3 is 2.34 bits per heavy atom. The van der Waals surface area contributed by atoms with E-state index in [2.05, 4.69) is 22.5 Å². The maximum absolute atomic E-state index is 12.9. The van der Waals surface area contributed by atoms with Crippen LogP contribution in [0.3, 0.4) is 0 Å². The van der Waals surface area contributed by atoms with Gasteiger partial charge in [0.2, 0.25) is 5.91 Å². The highest BCUT2D eigenvalue weighted by molar-refractivity contribution is 6.06. The maximum atomic E-state index is 12.9. The first-order valence-corrected chi connectivity index (χ1v) is 9.93. The monoisotopic (exact) mass is 394 g/mol. The highest BCUT2D eigenvalue weighted by Crippen LogP contribution is 2.22. The second kappa shape index (κ2) is 9.32. The van der Waals surface area contributed by atoms with Crippen LogP contribution < -0.4 is 10.6 Å². The van der Waals surface area contributed by atoms with Gasteiger partial charge >= 0.3 is 0 Å². The van der Waals surface area contributed by atoms with Gasteiger partial charge in [0.05, 0.1) is 11.1 Å². The standard InChI is InChI=1S/C22H26N4O3/c1-3-20-6-4-5-11-26(20)22(29)17-12-16(13-23-14-17)21(28)25-19-9-7-18(8-10-19)24-15(2)27/h7-10,12-14,20H,3-6,11H2,1-2H3,(H,24,27)(H,25,28). The second-order valence-electron chi connectivity index (χ2n) is 7.23. The van der Waals surface area contributed by atoms with E-state index in [0.717, 1.165) is 32.2 Å². The Bertz CT molecular complexity index is 895. The second-order valence-corrected chi connectivity index (χ2v) is 7.23. The third kappa shape index (κ3) is 5.19. The molecule has 0 aliphatic carbocycles. The summed E-state index contributed by atoms with van der Waals surface area (Å²) in [6.45, 7) is 4.27. The van der Waals surface area contributed by atoms with Crippen molar-refractivity contribution >= 4 is 29.1 Å². The average Bonchev–Trinajstić information content (AvgIpc) is 2.74. The molecule has 0 radical (unpaired) electrons. The summed E-state index contributed by atoms with van der Waals surface area (Å²) >= 11 is 0. The first kappa shape index (κ1) is 20.5. The molecule has 3 rings (SSSR count). The lowest BCUT2D eigenvalue weighted by molar-refractivity contribution is -0.114. The summed E-state index contributed by atoms with van der Waals surface area (Å²) in [5.74, 6) is -0.572. The number of hydrogen-bond donors (Lipinski definition) is 2. The molecule has 29 heavy (non-hydrogen) atoms. The Kier molecular flexibility index (Phi) is 6.59. The summed E-state index contributed by atoms with van der Waals surface area (Å²) in [6.07, 6.45) is 7.06. The molecular formula is C22H26N4O3. The van der Waals surface area contributed by atoms with Gasteiger partial charge in [-0.15, -0.1) is 0 Å². The number of likely N-dealkylation sites (tertiary alicyclic amines) is 1. The van der Waals surface area contributed by atoms with E-state index in [-0.39, 0.29) is 23.8 Å². The third-order valence-electron chi connectivity index (χ3n) is 5.07. The van der Waals surface area contributed by atoms with Gasteiger partial charge in [-0.1, -0.05) is 6.92 Å². The number of anilines is 2. The van der Waals surface area contributed by atoms with Crippen molar-refractivity contribution in [2.45, 2.75) is 45.6 Å². The number of piperidine rings is 1. The van der Waals surface area contributed by atoms with Crippen molar-refractivity contribution in [2.24, 2.45) is 0 Å². The predicted octanol–water partition coefficient (Wildman–Crippen LogP) is 3.70. The van der Waals surface area contributed by atoms with E-state index in [1.165, 1.54) is 19.3 Å². The molecule has 1 aromatic carbocycles. The number of aromatic nitrogens is 1. The number of nitrogens with one attached hydrogen (secondary N) is 2. The molecule has 1 unspecified atom stereocenters. The summed E-state index contributed by atoms with van der Waals surface area (Å²) in [5, 5.41) is 5.46. The van der Waals surface area contributed by atoms with Crippen molar-refractivity contribution in [2.75, 3.05) is 17.2 Å². The molecule has 152 valence electrons. The lowest BCUT2D eigenvalue weighted by Crippen LogP contribution is -2.43. The highest BCUT2D eigenvalue weighted by atomic mass is 16.2. The summed E-state index contributed by atoms with van der Waals surface area (Å²) < 4.78 is 0. The molecular weight excluding hydrogens is 368 g/mol. The fourth-order valence-corrected chi connectivity index (χ4v) is 3.58. The number of benzene rings is 1. The molecule has 0 bridgehead atoms. The van der Waals surface area contributed by atoms with Crippen molar-refractivity contribution in [3.63, 3.8) is 0 Å². The van der Waals surface area contributed by atoms with Gasteiger partial charge in [0.1, 0.15) is 0 Å². The number of carbonyl (C=O) groups excluding carboxylic acids is 3. The molecule has 2 heterocycles. The zero-order valence-electron chi connectivity index (χ0n) is 16.8. The summed E-state index contributed by atoms with van der Waals surface area (Å²) in [5.41, 5.74) is 1.99. The number of amides is 3. The molecule has 2 aromatic rings. The molecule has 1 aromatic heterocycles. The minimum absolute atomic E-state index is 0.0710. The van der Waals surface area contributed by atoms with Crippen LogP contribution in [0.15, 0.2) is 42.7 Å². The summed E-state index contributed by atoms with van der Waals surface area (Å²) in [4.78, 5) is 42.6. The van der Waals surface area contributed by atoms with Gasteiger partial charge in [-0.3, -0.25) is 19.4 Å². The normalized spacial score (nSPS) is 16.2. The number of rotatable bonds is 5. The minimum atomic E-state index is -0.342. The third-order valence-corrected chi connectivity index (χ3v) is 5.07. The lowest BCUT2D eigenvalue weighted by Gasteiger charge is -2.35. The van der Waals surface area contributed by atoms with Gasteiger partial charge in [0, 0.05) is 43.3 Å². The van der Waals surface area contributed by atoms with Crippen LogP contribution in [-0.4, -0.2) is 40.2 Å². The molecule has 1 saturated heterocycles. The number of hydrogen-bond acceptors (Lipinski definition) is 4. The zero-order valence-corrected chi connectivity index (χ0v) is 16.8. The van der Waals surface area contributed by atoms with Crippen molar-refractivity contribution in [3.8, 4) is 0 Å². The maximum Gasteiger partial charge on any atom is 0.257 e. The fourth-order valence-electron chi connectivity index (χ4n) is 3.58. The van der Waals surface area contributed by atoms with E-state index in [1.807, 2.05) is 4.90 Å². The van der Waals surface area contributed by atoms with Gasteiger partial charge in [-0.05, 0) is 56.0 Å². The Morgan fingerprint density at radius 2 is 1.69 bits per heavy atom. The average molecular weight is 394 g/mol. The van der Waals surface area contributed by atoms with Crippen LogP contribution in [-0.2, 0) is 4.79 Å². The Balaban J connectivity index is 1.70. The van der Waals surface area contributed by atoms with Crippen LogP contribution in [0, 0.1) is 0 Å². The van der Waals surface area contributed by atoms with Gasteiger partial charge in [-0.2, -0.15) is 0 Å². The van der Waals surface area contributed by atoms with Crippen LogP contribution in [0.2, 0.25) is 0 Å². The van der Waals surface area contributed by atoms with Crippen LogP contribution in [0.4, 0.5) is 11.4 Å². The van der Waals surface area contributed by atoms with Gasteiger partial charge < -0.3 is 15.5 Å². The van der Waals surface area contributed by atoms with Crippen molar-refractivity contribution in [1.82, 2.24) is 9.88 Å². The molecule has 2 N–H and O–H groups in total. The van der Waals surface area contributed by atoms with Crippen LogP contribution in [0.25, 0.3) is 0 Å². The van der Waals surface area contributed by atoms with E-state index in [4.69, 9.17) is 0 Å². The Morgan fingerprint density at radius 1 is 1.03 bits per heavy atom. The Hall–Kier alpha value is -3.22.